The van der Waals surface area contributed by atoms with Crippen molar-refractivity contribution in [2.75, 3.05) is 0 Å². The molecule has 0 aliphatic rings. The Morgan fingerprint density at radius 3 is 2.75 bits per heavy atom. The smallest absolute Gasteiger partial charge is 0.133 e. The highest BCUT2D eigenvalue weighted by Crippen LogP contribution is 2.15. The van der Waals surface area contributed by atoms with Crippen LogP contribution in [0.5, 0.6) is 0 Å². The minimum Gasteiger partial charge on any atom is -0.261 e. The molecule has 80 valence electrons. The largest absolute Gasteiger partial charge is 0.261 e. The summed E-state index contributed by atoms with van der Waals surface area (Å²) in [5, 5.41) is 8.50. The van der Waals surface area contributed by atoms with Crippen molar-refractivity contribution in [3.8, 4) is 6.07 Å². The molecule has 0 N–H and O–H groups in total. The molecule has 0 aromatic carbocycles. The van der Waals surface area contributed by atoms with Gasteiger partial charge in [0.15, 0.2) is 0 Å². The van der Waals surface area contributed by atoms with Crippen molar-refractivity contribution in [1.29, 1.82) is 5.26 Å². The molecule has 3 heteroatoms. The minimum absolute atomic E-state index is 0.166. The first-order valence-electron chi connectivity index (χ1n) is 4.80. The number of aromatic nitrogens is 1. The van der Waals surface area contributed by atoms with E-state index in [-0.39, 0.29) is 5.70 Å². The van der Waals surface area contributed by atoms with E-state index in [0.717, 1.165) is 22.4 Å². The summed E-state index contributed by atoms with van der Waals surface area (Å²) < 4.78 is 0. The van der Waals surface area contributed by atoms with Gasteiger partial charge < -0.3 is 0 Å². The van der Waals surface area contributed by atoms with Crippen LogP contribution in [-0.4, -0.2) is 11.2 Å². The van der Waals surface area contributed by atoms with Gasteiger partial charge in [-0.25, -0.2) is 4.99 Å². The Morgan fingerprint density at radius 2 is 2.19 bits per heavy atom. The van der Waals surface area contributed by atoms with Crippen LogP contribution in [0.3, 0.4) is 0 Å². The van der Waals surface area contributed by atoms with Gasteiger partial charge >= 0.3 is 0 Å². The molecular formula is C13H13N3. The lowest BCUT2D eigenvalue weighted by molar-refractivity contribution is 1.17. The van der Waals surface area contributed by atoms with Crippen LogP contribution in [0, 0.1) is 25.2 Å². The Hall–Kier alpha value is -2.21. The van der Waals surface area contributed by atoms with Crippen molar-refractivity contribution in [3.63, 3.8) is 0 Å². The normalized spacial score (nSPS) is 10.1. The number of hydrogen-bond donors (Lipinski definition) is 0. The van der Waals surface area contributed by atoms with E-state index in [1.807, 2.05) is 26.0 Å². The molecule has 0 bridgehead atoms. The second-order valence-corrected chi connectivity index (χ2v) is 3.48. The van der Waals surface area contributed by atoms with Crippen molar-refractivity contribution in [2.24, 2.45) is 4.99 Å². The molecule has 1 aromatic rings. The molecule has 0 atom stereocenters. The second-order valence-electron chi connectivity index (χ2n) is 3.48. The van der Waals surface area contributed by atoms with Crippen LogP contribution < -0.4 is 0 Å². The summed E-state index contributed by atoms with van der Waals surface area (Å²) in [4.78, 5) is 8.07. The zero-order chi connectivity index (χ0) is 12.1. The minimum atomic E-state index is 0.166. The number of nitrogens with zero attached hydrogens (tertiary/aromatic N) is 3. The molecule has 3 nitrogen and oxygen atoms in total. The molecule has 0 unspecified atom stereocenters. The Bertz CT molecular complexity index is 504. The fourth-order valence-electron chi connectivity index (χ4n) is 1.29. The van der Waals surface area contributed by atoms with Crippen molar-refractivity contribution >= 4 is 11.8 Å². The maximum Gasteiger partial charge on any atom is 0.133 e. The molecule has 0 saturated heterocycles. The van der Waals surface area contributed by atoms with Gasteiger partial charge in [-0.1, -0.05) is 13.2 Å². The molecule has 0 amide bonds. The first-order valence-corrected chi connectivity index (χ1v) is 4.80. The van der Waals surface area contributed by atoms with E-state index in [4.69, 9.17) is 5.26 Å². The average molecular weight is 211 g/mol. The zero-order valence-electron chi connectivity index (χ0n) is 9.49. The van der Waals surface area contributed by atoms with E-state index >= 15 is 0 Å². The van der Waals surface area contributed by atoms with E-state index in [9.17, 15) is 0 Å². The van der Waals surface area contributed by atoms with Crippen LogP contribution >= 0.6 is 0 Å². The van der Waals surface area contributed by atoms with E-state index in [0.29, 0.717) is 0 Å². The van der Waals surface area contributed by atoms with Crippen LogP contribution in [-0.2, 0) is 0 Å². The highest BCUT2D eigenvalue weighted by atomic mass is 14.7. The third-order valence-electron chi connectivity index (χ3n) is 2.10. The van der Waals surface area contributed by atoms with E-state index < -0.39 is 0 Å². The van der Waals surface area contributed by atoms with Crippen molar-refractivity contribution in [3.05, 3.63) is 47.9 Å². The average Bonchev–Trinajstić information content (AvgIpc) is 2.25. The van der Waals surface area contributed by atoms with Gasteiger partial charge in [0.1, 0.15) is 11.8 Å². The molecule has 0 aliphatic heterocycles. The van der Waals surface area contributed by atoms with Crippen LogP contribution in [0.25, 0.3) is 5.57 Å². The summed E-state index contributed by atoms with van der Waals surface area (Å²) >= 11 is 0. The molecule has 0 radical (unpaired) electrons. The first-order chi connectivity index (χ1) is 7.54. The lowest BCUT2D eigenvalue weighted by Gasteiger charge is -2.04. The third-order valence-corrected chi connectivity index (χ3v) is 2.10. The summed E-state index contributed by atoms with van der Waals surface area (Å²) in [7, 11) is 0. The second kappa shape index (κ2) is 5.04. The Labute approximate surface area is 95.5 Å². The monoisotopic (exact) mass is 211 g/mol. The number of rotatable bonds is 3. The van der Waals surface area contributed by atoms with Crippen LogP contribution in [0.2, 0.25) is 0 Å². The van der Waals surface area contributed by atoms with E-state index in [1.54, 1.807) is 6.20 Å². The fourth-order valence-corrected chi connectivity index (χ4v) is 1.29. The summed E-state index contributed by atoms with van der Waals surface area (Å²) in [6.45, 7) is 11.3. The standard InChI is InChI=1S/C13H13N3/c1-9-5-11(3)16-8-13(9)10(2)7-15-12(4)6-14/h5,7-8H,2,4H2,1,3H3. The maximum atomic E-state index is 8.50. The van der Waals surface area contributed by atoms with E-state index in [2.05, 4.69) is 23.1 Å². The summed E-state index contributed by atoms with van der Waals surface area (Å²) in [6.07, 6.45) is 3.29. The molecule has 0 saturated carbocycles. The Morgan fingerprint density at radius 1 is 1.50 bits per heavy atom. The van der Waals surface area contributed by atoms with Crippen molar-refractivity contribution < 1.29 is 0 Å². The molecule has 0 aliphatic carbocycles. The van der Waals surface area contributed by atoms with E-state index in [1.165, 1.54) is 6.21 Å². The predicted molar refractivity (Wildman–Crippen MR) is 66.0 cm³/mol. The summed E-state index contributed by atoms with van der Waals surface area (Å²) in [5.74, 6) is 0. The number of hydrogen-bond acceptors (Lipinski definition) is 3. The molecular weight excluding hydrogens is 198 g/mol. The predicted octanol–water partition coefficient (Wildman–Crippen LogP) is 2.82. The molecule has 0 fully saturated rings. The van der Waals surface area contributed by atoms with Crippen LogP contribution in [0.15, 0.2) is 36.1 Å². The summed E-state index contributed by atoms with van der Waals surface area (Å²) in [6, 6.07) is 3.83. The van der Waals surface area contributed by atoms with Crippen molar-refractivity contribution in [2.45, 2.75) is 13.8 Å². The topological polar surface area (TPSA) is 49.0 Å². The highest BCUT2D eigenvalue weighted by Gasteiger charge is 2.01. The van der Waals surface area contributed by atoms with Gasteiger partial charge in [-0.2, -0.15) is 5.26 Å². The number of aliphatic imine (C=N–C) groups is 1. The molecule has 1 heterocycles. The SMILES string of the molecule is C=C(C#N)N=CC(=C)c1cnc(C)cc1C. The van der Waals surface area contributed by atoms with Gasteiger partial charge in [0, 0.05) is 23.7 Å². The molecule has 0 spiro atoms. The van der Waals surface area contributed by atoms with Gasteiger partial charge in [0.2, 0.25) is 0 Å². The van der Waals surface area contributed by atoms with Gasteiger partial charge in [0.25, 0.3) is 0 Å². The Balaban J connectivity index is 2.94. The van der Waals surface area contributed by atoms with Gasteiger partial charge in [-0.3, -0.25) is 4.98 Å². The maximum absolute atomic E-state index is 8.50. The van der Waals surface area contributed by atoms with Crippen molar-refractivity contribution in [1.82, 2.24) is 4.98 Å². The first kappa shape index (κ1) is 11.9. The molecule has 1 aromatic heterocycles. The van der Waals surface area contributed by atoms with Gasteiger partial charge in [0.05, 0.1) is 0 Å². The number of nitriles is 1. The Kier molecular flexibility index (Phi) is 3.73. The zero-order valence-corrected chi connectivity index (χ0v) is 9.49. The van der Waals surface area contributed by atoms with Crippen LogP contribution in [0.4, 0.5) is 0 Å². The lowest BCUT2D eigenvalue weighted by Crippen LogP contribution is -1.92. The number of pyridine rings is 1. The summed E-state index contributed by atoms with van der Waals surface area (Å²) in [5.41, 5.74) is 3.87. The quantitative estimate of drug-likeness (QED) is 0.570. The number of aryl methyl sites for hydroxylation is 2. The number of allylic oxidation sites excluding steroid dienone is 2. The molecule has 16 heavy (non-hydrogen) atoms. The lowest BCUT2D eigenvalue weighted by atomic mass is 10.0. The highest BCUT2D eigenvalue weighted by molar-refractivity contribution is 6.09. The van der Waals surface area contributed by atoms with Crippen LogP contribution in [0.1, 0.15) is 16.8 Å². The molecule has 1 rings (SSSR count). The third kappa shape index (κ3) is 2.89. The fraction of sp³-hybridized carbons (Fsp3) is 0.154. The van der Waals surface area contributed by atoms with Gasteiger partial charge in [-0.15, -0.1) is 0 Å². The van der Waals surface area contributed by atoms with Gasteiger partial charge in [-0.05, 0) is 31.1 Å².